The predicted octanol–water partition coefficient (Wildman–Crippen LogP) is 2.59. The lowest BCUT2D eigenvalue weighted by Gasteiger charge is -2.05. The Morgan fingerprint density at radius 2 is 2.29 bits per heavy atom. The molecule has 0 saturated carbocycles. The summed E-state index contributed by atoms with van der Waals surface area (Å²) in [6.45, 7) is 2.38. The van der Waals surface area contributed by atoms with E-state index in [0.29, 0.717) is 11.6 Å². The third-order valence-electron chi connectivity index (χ3n) is 2.55. The SMILES string of the molecule is Cc1c(Cl)cnn1Cc1cccc(C(=O)O)c1. The largest absolute Gasteiger partial charge is 0.478 e. The molecule has 0 bridgehead atoms. The standard InChI is InChI=1S/C12H11ClN2O2/c1-8-11(13)6-14-15(8)7-9-3-2-4-10(5-9)12(16)17/h2-6H,7H2,1H3,(H,16,17). The van der Waals surface area contributed by atoms with Crippen molar-refractivity contribution >= 4 is 17.6 Å². The molecule has 0 amide bonds. The Kier molecular flexibility index (Phi) is 3.15. The van der Waals surface area contributed by atoms with Crippen molar-refractivity contribution in [1.29, 1.82) is 0 Å². The Morgan fingerprint density at radius 1 is 1.53 bits per heavy atom. The Labute approximate surface area is 103 Å². The molecule has 88 valence electrons. The van der Waals surface area contributed by atoms with Gasteiger partial charge in [0, 0.05) is 0 Å². The van der Waals surface area contributed by atoms with Gasteiger partial charge < -0.3 is 5.11 Å². The molecule has 0 spiro atoms. The molecule has 0 aliphatic carbocycles. The molecule has 0 atom stereocenters. The maximum atomic E-state index is 10.8. The molecule has 0 fully saturated rings. The number of aromatic carboxylic acids is 1. The molecular formula is C12H11ClN2O2. The lowest BCUT2D eigenvalue weighted by Crippen LogP contribution is -2.05. The zero-order valence-corrected chi connectivity index (χ0v) is 9.98. The molecular weight excluding hydrogens is 240 g/mol. The van der Waals surface area contributed by atoms with E-state index < -0.39 is 5.97 Å². The van der Waals surface area contributed by atoms with E-state index in [4.69, 9.17) is 16.7 Å². The second kappa shape index (κ2) is 4.59. The summed E-state index contributed by atoms with van der Waals surface area (Å²) in [6.07, 6.45) is 1.58. The van der Waals surface area contributed by atoms with E-state index in [2.05, 4.69) is 5.10 Å². The van der Waals surface area contributed by atoms with E-state index in [9.17, 15) is 4.79 Å². The summed E-state index contributed by atoms with van der Waals surface area (Å²) >= 11 is 5.90. The summed E-state index contributed by atoms with van der Waals surface area (Å²) < 4.78 is 1.74. The lowest BCUT2D eigenvalue weighted by atomic mass is 10.1. The fourth-order valence-corrected chi connectivity index (χ4v) is 1.70. The molecule has 5 heteroatoms. The Bertz CT molecular complexity index is 563. The number of rotatable bonds is 3. The van der Waals surface area contributed by atoms with Gasteiger partial charge >= 0.3 is 5.97 Å². The van der Waals surface area contributed by atoms with Gasteiger partial charge in [0.15, 0.2) is 0 Å². The predicted molar refractivity (Wildman–Crippen MR) is 64.5 cm³/mol. The first-order valence-corrected chi connectivity index (χ1v) is 5.46. The second-order valence-corrected chi connectivity index (χ2v) is 4.15. The summed E-state index contributed by atoms with van der Waals surface area (Å²) in [6, 6.07) is 6.78. The summed E-state index contributed by atoms with van der Waals surface area (Å²) in [5.41, 5.74) is 2.03. The van der Waals surface area contributed by atoms with Crippen LogP contribution in [-0.2, 0) is 6.54 Å². The van der Waals surface area contributed by atoms with Crippen LogP contribution in [0.2, 0.25) is 5.02 Å². The lowest BCUT2D eigenvalue weighted by molar-refractivity contribution is 0.0696. The van der Waals surface area contributed by atoms with Crippen LogP contribution in [0, 0.1) is 6.92 Å². The molecule has 1 aromatic carbocycles. The molecule has 2 aromatic rings. The van der Waals surface area contributed by atoms with Crippen LogP contribution in [0.25, 0.3) is 0 Å². The fraction of sp³-hybridized carbons (Fsp3) is 0.167. The molecule has 0 aliphatic heterocycles. The first-order chi connectivity index (χ1) is 8.08. The zero-order chi connectivity index (χ0) is 12.4. The third kappa shape index (κ3) is 2.47. The molecule has 17 heavy (non-hydrogen) atoms. The summed E-state index contributed by atoms with van der Waals surface area (Å²) in [4.78, 5) is 10.8. The molecule has 1 N–H and O–H groups in total. The van der Waals surface area contributed by atoms with Gasteiger partial charge in [0.05, 0.1) is 29.0 Å². The van der Waals surface area contributed by atoms with Gasteiger partial charge in [0.1, 0.15) is 0 Å². The van der Waals surface area contributed by atoms with E-state index in [1.54, 1.807) is 29.1 Å². The number of hydrogen-bond donors (Lipinski definition) is 1. The van der Waals surface area contributed by atoms with E-state index >= 15 is 0 Å². The number of benzene rings is 1. The topological polar surface area (TPSA) is 55.1 Å². The van der Waals surface area contributed by atoms with Gasteiger partial charge in [-0.15, -0.1) is 0 Å². The molecule has 2 rings (SSSR count). The number of aromatic nitrogens is 2. The van der Waals surface area contributed by atoms with Crippen LogP contribution >= 0.6 is 11.6 Å². The summed E-state index contributed by atoms with van der Waals surface area (Å²) in [7, 11) is 0. The van der Waals surface area contributed by atoms with Gasteiger partial charge in [-0.25, -0.2) is 4.79 Å². The van der Waals surface area contributed by atoms with E-state index in [1.165, 1.54) is 0 Å². The number of hydrogen-bond acceptors (Lipinski definition) is 2. The van der Waals surface area contributed by atoms with Crippen molar-refractivity contribution < 1.29 is 9.90 Å². The van der Waals surface area contributed by atoms with Crippen LogP contribution < -0.4 is 0 Å². The van der Waals surface area contributed by atoms with E-state index in [0.717, 1.165) is 11.3 Å². The highest BCUT2D eigenvalue weighted by molar-refractivity contribution is 6.31. The molecule has 0 unspecified atom stereocenters. The molecule has 0 saturated heterocycles. The van der Waals surface area contributed by atoms with Gasteiger partial charge in [-0.1, -0.05) is 23.7 Å². The van der Waals surface area contributed by atoms with Crippen LogP contribution in [0.3, 0.4) is 0 Å². The normalized spacial score (nSPS) is 10.5. The van der Waals surface area contributed by atoms with Crippen molar-refractivity contribution in [2.75, 3.05) is 0 Å². The minimum Gasteiger partial charge on any atom is -0.478 e. The molecule has 0 radical (unpaired) electrons. The van der Waals surface area contributed by atoms with Crippen LogP contribution in [0.15, 0.2) is 30.5 Å². The summed E-state index contributed by atoms with van der Waals surface area (Å²) in [5.74, 6) is -0.929. The monoisotopic (exact) mass is 250 g/mol. The van der Waals surface area contributed by atoms with Crippen molar-refractivity contribution in [1.82, 2.24) is 9.78 Å². The van der Waals surface area contributed by atoms with Gasteiger partial charge in [-0.2, -0.15) is 5.10 Å². The maximum absolute atomic E-state index is 10.8. The Balaban J connectivity index is 2.27. The fourth-order valence-electron chi connectivity index (χ4n) is 1.56. The first kappa shape index (κ1) is 11.7. The maximum Gasteiger partial charge on any atom is 0.335 e. The van der Waals surface area contributed by atoms with Crippen LogP contribution in [0.1, 0.15) is 21.6 Å². The highest BCUT2D eigenvalue weighted by atomic mass is 35.5. The highest BCUT2D eigenvalue weighted by Crippen LogP contribution is 2.15. The van der Waals surface area contributed by atoms with Crippen LogP contribution in [-0.4, -0.2) is 20.9 Å². The van der Waals surface area contributed by atoms with Crippen molar-refractivity contribution in [3.63, 3.8) is 0 Å². The van der Waals surface area contributed by atoms with Gasteiger partial charge in [0.25, 0.3) is 0 Å². The van der Waals surface area contributed by atoms with Crippen molar-refractivity contribution in [2.45, 2.75) is 13.5 Å². The average Bonchev–Trinajstić information content (AvgIpc) is 2.61. The van der Waals surface area contributed by atoms with Crippen molar-refractivity contribution in [3.8, 4) is 0 Å². The second-order valence-electron chi connectivity index (χ2n) is 3.74. The van der Waals surface area contributed by atoms with E-state index in [1.807, 2.05) is 13.0 Å². The van der Waals surface area contributed by atoms with Crippen LogP contribution in [0.4, 0.5) is 0 Å². The minimum atomic E-state index is -0.929. The number of nitrogens with zero attached hydrogens (tertiary/aromatic N) is 2. The quantitative estimate of drug-likeness (QED) is 0.911. The number of carboxylic acids is 1. The minimum absolute atomic E-state index is 0.276. The smallest absolute Gasteiger partial charge is 0.335 e. The Hall–Kier alpha value is -1.81. The molecule has 1 heterocycles. The zero-order valence-electron chi connectivity index (χ0n) is 9.22. The van der Waals surface area contributed by atoms with Crippen molar-refractivity contribution in [3.05, 3.63) is 52.3 Å². The molecule has 0 aliphatic rings. The third-order valence-corrected chi connectivity index (χ3v) is 2.92. The van der Waals surface area contributed by atoms with Crippen molar-refractivity contribution in [2.24, 2.45) is 0 Å². The van der Waals surface area contributed by atoms with Gasteiger partial charge in [-0.3, -0.25) is 4.68 Å². The highest BCUT2D eigenvalue weighted by Gasteiger charge is 2.07. The Morgan fingerprint density at radius 3 is 2.88 bits per heavy atom. The molecule has 4 nitrogen and oxygen atoms in total. The molecule has 1 aromatic heterocycles. The summed E-state index contributed by atoms with van der Waals surface area (Å²) in [5, 5.41) is 13.6. The van der Waals surface area contributed by atoms with E-state index in [-0.39, 0.29) is 5.56 Å². The van der Waals surface area contributed by atoms with Gasteiger partial charge in [0.2, 0.25) is 0 Å². The first-order valence-electron chi connectivity index (χ1n) is 5.08. The van der Waals surface area contributed by atoms with Gasteiger partial charge in [-0.05, 0) is 24.6 Å². The van der Waals surface area contributed by atoms with Crippen LogP contribution in [0.5, 0.6) is 0 Å². The average molecular weight is 251 g/mol. The number of carbonyl (C=O) groups is 1. The number of carboxylic acid groups (broad SMARTS) is 1. The number of halogens is 1.